The van der Waals surface area contributed by atoms with Crippen molar-refractivity contribution >= 4 is 28.0 Å². The van der Waals surface area contributed by atoms with E-state index in [1.165, 1.54) is 28.0 Å². The molecule has 0 bridgehead atoms. The normalized spacial score (nSPS) is 7.43. The van der Waals surface area contributed by atoms with Gasteiger partial charge in [0.15, 0.2) is 0 Å². The zero-order chi connectivity index (χ0) is 13.6. The molecule has 2 aromatic heterocycles. The van der Waals surface area contributed by atoms with Crippen LogP contribution in [0.4, 0.5) is 0 Å². The van der Waals surface area contributed by atoms with E-state index in [2.05, 4.69) is 34.2 Å². The molecule has 0 unspecified atom stereocenters. The first-order valence-corrected chi connectivity index (χ1v) is 7.57. The summed E-state index contributed by atoms with van der Waals surface area (Å²) in [7, 11) is 0. The summed E-state index contributed by atoms with van der Waals surface area (Å²) in [4.78, 5) is 7.57. The van der Waals surface area contributed by atoms with Crippen LogP contribution in [-0.4, -0.2) is 34.7 Å². The van der Waals surface area contributed by atoms with Gasteiger partial charge in [0.05, 0.1) is 0 Å². The number of pyridine rings is 2. The number of nitrogens with zero attached hydrogens (tertiary/aromatic N) is 2. The summed E-state index contributed by atoms with van der Waals surface area (Å²) in [5, 5.41) is 0. The number of aromatic nitrogens is 2. The van der Waals surface area contributed by atoms with Crippen molar-refractivity contribution in [3.05, 3.63) is 91.5 Å². The Morgan fingerprint density at radius 3 is 1.00 bits per heavy atom. The topological polar surface area (TPSA) is 25.8 Å². The fourth-order valence-corrected chi connectivity index (χ4v) is 1.72. The molecule has 0 aliphatic heterocycles. The first-order valence-electron chi connectivity index (χ1n) is 5.83. The number of rotatable bonds is 0. The molecule has 0 spiro atoms. The molecule has 0 atom stereocenters. The smallest absolute Gasteiger partial charge is 0.0267 e. The van der Waals surface area contributed by atoms with E-state index in [1.54, 1.807) is 24.8 Å². The van der Waals surface area contributed by atoms with Crippen LogP contribution >= 0.6 is 0 Å². The summed E-state index contributed by atoms with van der Waals surface area (Å²) >= 11 is 1.36. The Kier molecular flexibility index (Phi) is 18.1. The Balaban J connectivity index is 0. The second-order valence-electron chi connectivity index (χ2n) is 3.38. The van der Waals surface area contributed by atoms with Crippen LogP contribution in [0.1, 0.15) is 0 Å². The van der Waals surface area contributed by atoms with Crippen molar-refractivity contribution in [3.8, 4) is 0 Å². The maximum Gasteiger partial charge on any atom is 0.0267 e. The first-order chi connectivity index (χ1) is 9.39. The average Bonchev–Trinajstić information content (AvgIpc) is 2.53. The molecule has 2 heterocycles. The van der Waals surface area contributed by atoms with Gasteiger partial charge >= 0.3 is 58.3 Å². The molecule has 1 aromatic carbocycles. The molecule has 0 saturated carbocycles. The number of hydrogen-bond acceptors (Lipinski definition) is 2. The van der Waals surface area contributed by atoms with E-state index < -0.39 is 0 Å². The second-order valence-corrected chi connectivity index (χ2v) is 5.39. The third-order valence-corrected chi connectivity index (χ3v) is 3.05. The van der Waals surface area contributed by atoms with Crippen LogP contribution in [0.5, 0.6) is 0 Å². The third-order valence-electron chi connectivity index (χ3n) is 1.89. The fraction of sp³-hybridized carbons (Fsp3) is 0. The van der Waals surface area contributed by atoms with Gasteiger partial charge < -0.3 is 24.8 Å². The molecule has 0 N–H and O–H groups in total. The standard InChI is InChI=1S/C6H5.2C5H5N.Bi.2ClH/c3*1-2-4-6-5-3-1;;;/h3*1-5H;;2*1H/q;;;+2;;/p-2. The second kappa shape index (κ2) is 17.0. The van der Waals surface area contributed by atoms with Gasteiger partial charge in [-0.25, -0.2) is 0 Å². The number of halogens is 2. The Bertz CT molecular complexity index is 425. The van der Waals surface area contributed by atoms with Crippen LogP contribution in [0, 0.1) is 0 Å². The molecule has 0 aliphatic rings. The molecule has 2 nitrogen and oxygen atoms in total. The van der Waals surface area contributed by atoms with Crippen LogP contribution < -0.4 is 28.1 Å². The van der Waals surface area contributed by atoms with E-state index in [4.69, 9.17) is 0 Å². The summed E-state index contributed by atoms with van der Waals surface area (Å²) in [6.07, 6.45) is 7.00. The molecule has 0 saturated heterocycles. The van der Waals surface area contributed by atoms with Gasteiger partial charge in [-0.3, -0.25) is 9.97 Å². The Labute approximate surface area is 153 Å². The Hall–Kier alpha value is -1.02. The largest absolute Gasteiger partial charge is 1.00 e. The Morgan fingerprint density at radius 2 is 0.857 bits per heavy atom. The molecule has 3 aromatic rings. The number of hydrogen-bond donors (Lipinski definition) is 0. The van der Waals surface area contributed by atoms with Crippen molar-refractivity contribution in [3.63, 3.8) is 0 Å². The molecule has 108 valence electrons. The van der Waals surface area contributed by atoms with Gasteiger partial charge in [-0.05, 0) is 24.3 Å². The van der Waals surface area contributed by atoms with E-state index in [-0.39, 0.29) is 24.8 Å². The molecular formula is C16H15BiCl2N2. The minimum absolute atomic E-state index is 0. The maximum atomic E-state index is 3.78. The van der Waals surface area contributed by atoms with Gasteiger partial charge in [0.1, 0.15) is 0 Å². The van der Waals surface area contributed by atoms with Crippen LogP contribution in [0.25, 0.3) is 0 Å². The van der Waals surface area contributed by atoms with Gasteiger partial charge in [0.2, 0.25) is 0 Å². The monoisotopic (exact) mass is 514 g/mol. The minimum atomic E-state index is 0. The third kappa shape index (κ3) is 15.2. The van der Waals surface area contributed by atoms with Gasteiger partial charge in [-0.15, -0.1) is 0 Å². The average molecular weight is 515 g/mol. The van der Waals surface area contributed by atoms with E-state index in [0.717, 1.165) is 0 Å². The molecule has 3 rings (SSSR count). The minimum Gasteiger partial charge on any atom is -1.00 e. The summed E-state index contributed by atoms with van der Waals surface area (Å²) in [5.74, 6) is 0. The zero-order valence-corrected chi connectivity index (χ0v) is 16.2. The molecule has 0 aliphatic carbocycles. The molecular weight excluding hydrogens is 500 g/mol. The van der Waals surface area contributed by atoms with Gasteiger partial charge in [-0.2, -0.15) is 0 Å². The van der Waals surface area contributed by atoms with Crippen LogP contribution in [0.3, 0.4) is 0 Å². The molecule has 0 amide bonds. The van der Waals surface area contributed by atoms with Crippen molar-refractivity contribution in [1.29, 1.82) is 0 Å². The Morgan fingerprint density at radius 1 is 0.524 bits per heavy atom. The summed E-state index contributed by atoms with van der Waals surface area (Å²) in [6.45, 7) is 0. The van der Waals surface area contributed by atoms with Crippen LogP contribution in [0.2, 0.25) is 0 Å². The molecule has 0 fully saturated rings. The summed E-state index contributed by atoms with van der Waals surface area (Å²) < 4.78 is 1.43. The maximum absolute atomic E-state index is 3.78. The van der Waals surface area contributed by atoms with E-state index in [1.807, 2.05) is 42.5 Å². The quantitative estimate of drug-likeness (QED) is 0.293. The SMILES string of the molecule is [Bi+2][c]1ccccc1.[Cl-].[Cl-].c1ccncc1.c1ccncc1. The van der Waals surface area contributed by atoms with Crippen molar-refractivity contribution in [2.75, 3.05) is 0 Å². The van der Waals surface area contributed by atoms with Crippen LogP contribution in [-0.2, 0) is 0 Å². The number of benzene rings is 1. The van der Waals surface area contributed by atoms with Gasteiger partial charge in [-0.1, -0.05) is 12.1 Å². The first kappa shape index (κ1) is 22.3. The van der Waals surface area contributed by atoms with Crippen molar-refractivity contribution in [2.24, 2.45) is 0 Å². The van der Waals surface area contributed by atoms with Gasteiger partial charge in [0, 0.05) is 24.8 Å². The van der Waals surface area contributed by atoms with Crippen molar-refractivity contribution in [2.45, 2.75) is 0 Å². The summed E-state index contributed by atoms with van der Waals surface area (Å²) in [6, 6.07) is 21.9. The summed E-state index contributed by atoms with van der Waals surface area (Å²) in [5.41, 5.74) is 0. The van der Waals surface area contributed by atoms with E-state index in [0.29, 0.717) is 0 Å². The van der Waals surface area contributed by atoms with Crippen molar-refractivity contribution in [1.82, 2.24) is 9.97 Å². The van der Waals surface area contributed by atoms with E-state index >= 15 is 0 Å². The van der Waals surface area contributed by atoms with Crippen LogP contribution in [0.15, 0.2) is 91.5 Å². The predicted molar refractivity (Wildman–Crippen MR) is 80.3 cm³/mol. The molecule has 21 heavy (non-hydrogen) atoms. The van der Waals surface area contributed by atoms with Gasteiger partial charge in [0.25, 0.3) is 0 Å². The molecule has 5 heteroatoms. The van der Waals surface area contributed by atoms with Crippen molar-refractivity contribution < 1.29 is 24.8 Å². The van der Waals surface area contributed by atoms with E-state index in [9.17, 15) is 0 Å². The predicted octanol–water partition coefficient (Wildman–Crippen LogP) is -3.35. The fourth-order valence-electron chi connectivity index (χ4n) is 1.05. The molecule has 2 radical (unpaired) electrons. The zero-order valence-electron chi connectivity index (χ0n) is 11.3.